The zero-order valence-corrected chi connectivity index (χ0v) is 13.1. The predicted molar refractivity (Wildman–Crippen MR) is 81.1 cm³/mol. The molecule has 2 N–H and O–H groups in total. The van der Waals surface area contributed by atoms with Gasteiger partial charge in [-0.1, -0.05) is 0 Å². The van der Waals surface area contributed by atoms with Gasteiger partial charge in [-0.05, 0) is 31.1 Å². The molecule has 0 aromatic rings. The summed E-state index contributed by atoms with van der Waals surface area (Å²) in [6.45, 7) is 2.52. The van der Waals surface area contributed by atoms with E-state index in [4.69, 9.17) is 5.73 Å². The molecule has 0 spiro atoms. The van der Waals surface area contributed by atoms with Gasteiger partial charge in [-0.15, -0.1) is 24.8 Å². The lowest BCUT2D eigenvalue weighted by Crippen LogP contribution is -2.61. The summed E-state index contributed by atoms with van der Waals surface area (Å²) in [5.41, 5.74) is 5.45. The number of hydrogen-bond donors (Lipinski definition) is 1. The van der Waals surface area contributed by atoms with Crippen LogP contribution in [0.15, 0.2) is 0 Å². The van der Waals surface area contributed by atoms with Crippen molar-refractivity contribution in [2.24, 2.45) is 17.6 Å². The van der Waals surface area contributed by atoms with Gasteiger partial charge in [0.1, 0.15) is 0 Å². The Morgan fingerprint density at radius 3 is 2.70 bits per heavy atom. The van der Waals surface area contributed by atoms with Crippen LogP contribution in [-0.2, 0) is 9.59 Å². The molecule has 0 unspecified atom stereocenters. The van der Waals surface area contributed by atoms with Crippen molar-refractivity contribution in [2.75, 3.05) is 26.2 Å². The summed E-state index contributed by atoms with van der Waals surface area (Å²) in [7, 11) is 0. The Bertz CT molecular complexity index is 381. The Morgan fingerprint density at radius 1 is 1.25 bits per heavy atom. The molecule has 0 aliphatic carbocycles. The molecule has 0 saturated carbocycles. The second kappa shape index (κ2) is 6.96. The second-order valence-electron chi connectivity index (χ2n) is 5.87. The van der Waals surface area contributed by atoms with Gasteiger partial charge in [0.2, 0.25) is 11.8 Å². The Hall–Kier alpha value is -0.520. The molecule has 3 aliphatic heterocycles. The van der Waals surface area contributed by atoms with E-state index in [0.29, 0.717) is 30.2 Å². The van der Waals surface area contributed by atoms with E-state index in [1.165, 1.54) is 6.42 Å². The first kappa shape index (κ1) is 17.5. The highest BCUT2D eigenvalue weighted by Crippen LogP contribution is 2.37. The number of carbonyl (C=O) groups is 2. The Kier molecular flexibility index (Phi) is 6.10. The normalized spacial score (nSPS) is 31.9. The smallest absolute Gasteiger partial charge is 0.236 e. The molecule has 116 valence electrons. The van der Waals surface area contributed by atoms with E-state index in [1.54, 1.807) is 0 Å². The van der Waals surface area contributed by atoms with Crippen LogP contribution in [0.5, 0.6) is 0 Å². The van der Waals surface area contributed by atoms with Gasteiger partial charge in [0.15, 0.2) is 0 Å². The lowest BCUT2D eigenvalue weighted by Gasteiger charge is -2.52. The molecule has 3 saturated heterocycles. The van der Waals surface area contributed by atoms with Crippen LogP contribution >= 0.6 is 24.8 Å². The van der Waals surface area contributed by atoms with Crippen LogP contribution in [0.2, 0.25) is 0 Å². The van der Waals surface area contributed by atoms with Crippen LogP contribution in [0.25, 0.3) is 0 Å². The van der Waals surface area contributed by atoms with E-state index in [2.05, 4.69) is 4.90 Å². The van der Waals surface area contributed by atoms with Crippen molar-refractivity contribution < 1.29 is 9.59 Å². The Labute approximate surface area is 132 Å². The van der Waals surface area contributed by atoms with Crippen molar-refractivity contribution in [3.63, 3.8) is 0 Å². The minimum absolute atomic E-state index is 0. The van der Waals surface area contributed by atoms with Gasteiger partial charge < -0.3 is 15.5 Å². The number of amides is 2. The van der Waals surface area contributed by atoms with E-state index in [-0.39, 0.29) is 37.3 Å². The van der Waals surface area contributed by atoms with Crippen molar-refractivity contribution in [3.8, 4) is 0 Å². The van der Waals surface area contributed by atoms with Gasteiger partial charge in [-0.2, -0.15) is 0 Å². The number of nitrogens with zero attached hydrogens (tertiary/aromatic N) is 2. The molecule has 0 radical (unpaired) electrons. The third-order valence-corrected chi connectivity index (χ3v) is 4.71. The fourth-order valence-electron chi connectivity index (χ4n) is 3.94. The summed E-state index contributed by atoms with van der Waals surface area (Å²) in [6.07, 6.45) is 3.99. The largest absolute Gasteiger partial charge is 0.341 e. The number of carbonyl (C=O) groups excluding carboxylic acids is 2. The van der Waals surface area contributed by atoms with Gasteiger partial charge >= 0.3 is 0 Å². The molecule has 20 heavy (non-hydrogen) atoms. The maximum atomic E-state index is 12.0. The van der Waals surface area contributed by atoms with Crippen molar-refractivity contribution in [1.29, 1.82) is 0 Å². The number of nitrogens with two attached hydrogens (primary N) is 1. The molecule has 5 nitrogen and oxygen atoms in total. The van der Waals surface area contributed by atoms with Crippen LogP contribution in [-0.4, -0.2) is 53.8 Å². The van der Waals surface area contributed by atoms with Crippen LogP contribution in [0.1, 0.15) is 25.7 Å². The van der Waals surface area contributed by atoms with E-state index in [9.17, 15) is 9.59 Å². The van der Waals surface area contributed by atoms with E-state index < -0.39 is 0 Å². The summed E-state index contributed by atoms with van der Waals surface area (Å²) >= 11 is 0. The van der Waals surface area contributed by atoms with Gasteiger partial charge in [-0.25, -0.2) is 0 Å². The highest BCUT2D eigenvalue weighted by Gasteiger charge is 2.44. The SMILES string of the molecule is Cl.Cl.NCC(=O)N1C[C@@H]2C[C@@H](C1)[C@@H]1CCCC(=O)N1C2. The minimum atomic E-state index is 0. The lowest BCUT2D eigenvalue weighted by molar-refractivity contribution is -0.148. The van der Waals surface area contributed by atoms with Crippen molar-refractivity contribution >= 4 is 36.6 Å². The number of fused-ring (bicyclic) bond motifs is 4. The molecular formula is C13H23Cl2N3O2. The maximum absolute atomic E-state index is 12.0. The van der Waals surface area contributed by atoms with Gasteiger partial charge in [0, 0.05) is 32.1 Å². The third kappa shape index (κ3) is 3.05. The number of likely N-dealkylation sites (tertiary alicyclic amines) is 1. The summed E-state index contributed by atoms with van der Waals surface area (Å²) in [6, 6.07) is 0.371. The molecule has 3 heterocycles. The number of piperidine rings is 3. The van der Waals surface area contributed by atoms with Gasteiger partial charge in [0.25, 0.3) is 0 Å². The van der Waals surface area contributed by atoms with E-state index in [1.807, 2.05) is 4.90 Å². The fraction of sp³-hybridized carbons (Fsp3) is 0.846. The molecule has 2 amide bonds. The van der Waals surface area contributed by atoms with Gasteiger partial charge in [0.05, 0.1) is 6.54 Å². The second-order valence-corrected chi connectivity index (χ2v) is 5.87. The fourth-order valence-corrected chi connectivity index (χ4v) is 3.94. The third-order valence-electron chi connectivity index (χ3n) is 4.71. The molecular weight excluding hydrogens is 301 g/mol. The first-order valence-electron chi connectivity index (χ1n) is 6.96. The first-order chi connectivity index (χ1) is 8.69. The van der Waals surface area contributed by atoms with Crippen LogP contribution in [0.4, 0.5) is 0 Å². The summed E-state index contributed by atoms with van der Waals surface area (Å²) < 4.78 is 0. The lowest BCUT2D eigenvalue weighted by atomic mass is 9.76. The van der Waals surface area contributed by atoms with Crippen LogP contribution < -0.4 is 5.73 Å². The Morgan fingerprint density at radius 2 is 2.00 bits per heavy atom. The van der Waals surface area contributed by atoms with Gasteiger partial charge in [-0.3, -0.25) is 9.59 Å². The number of hydrogen-bond acceptors (Lipinski definition) is 3. The quantitative estimate of drug-likeness (QED) is 0.770. The van der Waals surface area contributed by atoms with Crippen LogP contribution in [0.3, 0.4) is 0 Å². The summed E-state index contributed by atoms with van der Waals surface area (Å²) in [5.74, 6) is 1.30. The molecule has 2 bridgehead atoms. The molecule has 3 atom stereocenters. The minimum Gasteiger partial charge on any atom is -0.341 e. The topological polar surface area (TPSA) is 66.6 Å². The zero-order chi connectivity index (χ0) is 12.7. The molecule has 7 heteroatoms. The highest BCUT2D eigenvalue weighted by atomic mass is 35.5. The molecule has 0 aromatic carbocycles. The van der Waals surface area contributed by atoms with E-state index in [0.717, 1.165) is 32.5 Å². The summed E-state index contributed by atoms with van der Waals surface area (Å²) in [4.78, 5) is 27.7. The molecule has 0 aromatic heterocycles. The van der Waals surface area contributed by atoms with E-state index >= 15 is 0 Å². The van der Waals surface area contributed by atoms with Crippen molar-refractivity contribution in [3.05, 3.63) is 0 Å². The van der Waals surface area contributed by atoms with Crippen molar-refractivity contribution in [2.45, 2.75) is 31.7 Å². The monoisotopic (exact) mass is 323 g/mol. The average Bonchev–Trinajstić information content (AvgIpc) is 2.39. The van der Waals surface area contributed by atoms with Crippen molar-refractivity contribution in [1.82, 2.24) is 9.80 Å². The predicted octanol–water partition coefficient (Wildman–Crippen LogP) is 0.648. The Balaban J connectivity index is 0.000001000. The van der Waals surface area contributed by atoms with Crippen LogP contribution in [0, 0.1) is 11.8 Å². The standard InChI is InChI=1S/C13H21N3O2.2ClH/c14-5-13(18)15-6-9-4-10(8-15)11-2-1-3-12(17)16(11)7-9;;/h9-11H,1-8,14H2;2*1H/t9-,10-,11-;;/m0../s1. The average molecular weight is 324 g/mol. The number of halogens is 2. The number of rotatable bonds is 1. The molecule has 3 aliphatic rings. The summed E-state index contributed by atoms with van der Waals surface area (Å²) in [5, 5.41) is 0. The first-order valence-corrected chi connectivity index (χ1v) is 6.96. The molecule has 3 rings (SSSR count). The zero-order valence-electron chi connectivity index (χ0n) is 11.5. The highest BCUT2D eigenvalue weighted by molar-refractivity contribution is 5.85. The molecule has 3 fully saturated rings. The maximum Gasteiger partial charge on any atom is 0.236 e.